The van der Waals surface area contributed by atoms with Crippen molar-refractivity contribution in [2.75, 3.05) is 0 Å². The van der Waals surface area contributed by atoms with E-state index in [1.165, 1.54) is 33.1 Å². The van der Waals surface area contributed by atoms with Gasteiger partial charge in [-0.05, 0) is 26.3 Å². The predicted molar refractivity (Wildman–Crippen MR) is 110 cm³/mol. The normalized spacial score (nSPS) is 14.6. The van der Waals surface area contributed by atoms with E-state index in [-0.39, 0.29) is 53.1 Å². The molecule has 0 fully saturated rings. The zero-order valence-electron chi connectivity index (χ0n) is 16.9. The van der Waals surface area contributed by atoms with Crippen LogP contribution in [-0.4, -0.2) is 5.11 Å². The molecule has 1 aliphatic rings. The van der Waals surface area contributed by atoms with Crippen LogP contribution in [-0.2, 0) is 28.3 Å². The summed E-state index contributed by atoms with van der Waals surface area (Å²) in [6, 6.07) is 25.9. The van der Waals surface area contributed by atoms with Crippen molar-refractivity contribution in [2.24, 2.45) is 0 Å². The topological polar surface area (TPSA) is 20.2 Å². The largest absolute Gasteiger partial charge is 3.00 e. The van der Waals surface area contributed by atoms with Gasteiger partial charge in [0.1, 0.15) is 0 Å². The Hall–Kier alpha value is -1.35. The van der Waals surface area contributed by atoms with E-state index in [4.69, 9.17) is 5.11 Å². The number of allylic oxidation sites excluding steroid dienone is 4. The fraction of sp³-hybridized carbons (Fsp3) is 0.200. The zero-order valence-corrected chi connectivity index (χ0v) is 20.0. The number of aliphatic hydroxyl groups excluding tert-OH is 1. The summed E-state index contributed by atoms with van der Waals surface area (Å²) in [5.74, 6) is 0.426. The van der Waals surface area contributed by atoms with E-state index in [0.29, 0.717) is 5.92 Å². The molecule has 0 aromatic heterocycles. The van der Waals surface area contributed by atoms with Crippen molar-refractivity contribution in [3.05, 3.63) is 107 Å². The maximum atomic E-state index is 8.54. The summed E-state index contributed by atoms with van der Waals surface area (Å²) in [5, 5.41) is 11.0. The Bertz CT molecular complexity index is 965. The number of hydrogen-bond acceptors (Lipinski definition) is 1. The minimum Gasteiger partial charge on any atom is -1.00 e. The average molecular weight is 460 g/mol. The Labute approximate surface area is 201 Å². The van der Waals surface area contributed by atoms with Gasteiger partial charge in [-0.15, -0.1) is 46.7 Å². The zero-order chi connectivity index (χ0) is 18.5. The molecule has 0 amide bonds. The smallest absolute Gasteiger partial charge is 1.00 e. The van der Waals surface area contributed by atoms with Crippen LogP contribution in [0.25, 0.3) is 10.8 Å². The second-order valence-corrected chi connectivity index (χ2v) is 6.83. The predicted octanol–water partition coefficient (Wildman–Crippen LogP) is 0.204. The van der Waals surface area contributed by atoms with Crippen molar-refractivity contribution >= 4 is 10.8 Å². The molecule has 1 atom stereocenters. The van der Waals surface area contributed by atoms with Crippen molar-refractivity contribution < 1.29 is 51.6 Å². The minimum atomic E-state index is 0. The molecule has 3 aromatic carbocycles. The maximum Gasteiger partial charge on any atom is 3.00 e. The van der Waals surface area contributed by atoms with Gasteiger partial charge in [-0.25, -0.2) is 0 Å². The second-order valence-electron chi connectivity index (χ2n) is 6.83. The maximum absolute atomic E-state index is 8.54. The van der Waals surface area contributed by atoms with E-state index in [1.54, 1.807) is 0 Å². The molecule has 0 saturated carbocycles. The van der Waals surface area contributed by atoms with E-state index in [0.717, 1.165) is 5.56 Å². The Morgan fingerprint density at radius 3 is 2.00 bits per heavy atom. The van der Waals surface area contributed by atoms with Crippen LogP contribution in [0.2, 0.25) is 0 Å². The van der Waals surface area contributed by atoms with Gasteiger partial charge in [0.25, 0.3) is 0 Å². The average Bonchev–Trinajstić information content (AvgIpc) is 2.94. The SMILES string of the molecule is CC1=CC(C)=C(C)C1c1[c-]c2ccccc2cc1.OCc1ccccc1.[Cl-].[Cl-].[Ti+3]. The van der Waals surface area contributed by atoms with Crippen LogP contribution in [0, 0.1) is 6.07 Å². The number of fused-ring (bicyclic) bond motifs is 1. The van der Waals surface area contributed by atoms with Gasteiger partial charge in [0.05, 0.1) is 6.61 Å². The first-order valence-electron chi connectivity index (χ1n) is 9.01. The Kier molecular flexibility index (Phi) is 12.5. The first kappa shape index (κ1) is 27.7. The standard InChI is InChI=1S/C18H17.C7H8O.2ClH.Ti/c1-12-10-13(2)18(14(12)3)17-9-8-15-6-4-5-7-16(15)11-17;8-6-7-4-2-1-3-5-7;;;/h4-10,18H,1-3H3;1-5,8H,6H2;2*1H;/q-1;;;;+3/p-2. The molecule has 149 valence electrons. The minimum absolute atomic E-state index is 0. The summed E-state index contributed by atoms with van der Waals surface area (Å²) in [4.78, 5) is 0. The molecule has 0 heterocycles. The summed E-state index contributed by atoms with van der Waals surface area (Å²) in [7, 11) is 0. The molecule has 1 radical (unpaired) electrons. The first-order chi connectivity index (χ1) is 12.6. The molecular formula is C25H25Cl2OTi. The van der Waals surface area contributed by atoms with Crippen LogP contribution < -0.4 is 24.8 Å². The molecule has 4 heteroatoms. The van der Waals surface area contributed by atoms with Crippen molar-refractivity contribution in [3.63, 3.8) is 0 Å². The fourth-order valence-electron chi connectivity index (χ4n) is 3.47. The summed E-state index contributed by atoms with van der Waals surface area (Å²) in [5.41, 5.74) is 6.54. The third kappa shape index (κ3) is 6.84. The van der Waals surface area contributed by atoms with Gasteiger partial charge in [-0.1, -0.05) is 65.3 Å². The van der Waals surface area contributed by atoms with E-state index in [1.807, 2.05) is 30.3 Å². The van der Waals surface area contributed by atoms with Crippen LogP contribution >= 0.6 is 0 Å². The van der Waals surface area contributed by atoms with Crippen LogP contribution in [0.5, 0.6) is 0 Å². The Morgan fingerprint density at radius 2 is 1.45 bits per heavy atom. The molecule has 29 heavy (non-hydrogen) atoms. The van der Waals surface area contributed by atoms with Gasteiger partial charge in [-0.3, -0.25) is 0 Å². The van der Waals surface area contributed by atoms with Crippen LogP contribution in [0.15, 0.2) is 89.5 Å². The van der Waals surface area contributed by atoms with Crippen molar-refractivity contribution in [1.82, 2.24) is 0 Å². The molecule has 1 N–H and O–H groups in total. The third-order valence-electron chi connectivity index (χ3n) is 4.97. The number of benzene rings is 3. The molecule has 0 aliphatic heterocycles. The summed E-state index contributed by atoms with van der Waals surface area (Å²) in [6.07, 6.45) is 2.29. The van der Waals surface area contributed by atoms with Crippen molar-refractivity contribution in [3.8, 4) is 0 Å². The number of rotatable bonds is 2. The van der Waals surface area contributed by atoms with E-state index in [9.17, 15) is 0 Å². The van der Waals surface area contributed by atoms with Crippen LogP contribution in [0.1, 0.15) is 37.8 Å². The number of hydrogen-bond donors (Lipinski definition) is 1. The van der Waals surface area contributed by atoms with Crippen molar-refractivity contribution in [2.45, 2.75) is 33.3 Å². The Balaban J connectivity index is 0.000000616. The van der Waals surface area contributed by atoms with E-state index < -0.39 is 0 Å². The van der Waals surface area contributed by atoms with E-state index in [2.05, 4.69) is 69.3 Å². The van der Waals surface area contributed by atoms with Gasteiger partial charge in [0.2, 0.25) is 0 Å². The molecule has 0 saturated heterocycles. The summed E-state index contributed by atoms with van der Waals surface area (Å²) >= 11 is 0. The number of halogens is 2. The van der Waals surface area contributed by atoms with Gasteiger partial charge < -0.3 is 29.9 Å². The summed E-state index contributed by atoms with van der Waals surface area (Å²) < 4.78 is 0. The number of aliphatic hydroxyl groups is 1. The molecule has 1 nitrogen and oxygen atoms in total. The Morgan fingerprint density at radius 1 is 0.828 bits per heavy atom. The molecule has 3 aromatic rings. The molecule has 0 bridgehead atoms. The van der Waals surface area contributed by atoms with Gasteiger partial charge in [0, 0.05) is 5.92 Å². The van der Waals surface area contributed by atoms with E-state index >= 15 is 0 Å². The van der Waals surface area contributed by atoms with Crippen LogP contribution in [0.4, 0.5) is 0 Å². The first-order valence-corrected chi connectivity index (χ1v) is 9.01. The fourth-order valence-corrected chi connectivity index (χ4v) is 3.47. The quantitative estimate of drug-likeness (QED) is 0.429. The molecule has 0 spiro atoms. The third-order valence-corrected chi connectivity index (χ3v) is 4.97. The molecule has 1 unspecified atom stereocenters. The molecular weight excluding hydrogens is 435 g/mol. The van der Waals surface area contributed by atoms with Gasteiger partial charge in [0.15, 0.2) is 0 Å². The second kappa shape index (κ2) is 13.1. The summed E-state index contributed by atoms with van der Waals surface area (Å²) in [6.45, 7) is 6.78. The van der Waals surface area contributed by atoms with Gasteiger partial charge >= 0.3 is 21.7 Å². The molecule has 1 aliphatic carbocycles. The van der Waals surface area contributed by atoms with Crippen molar-refractivity contribution in [1.29, 1.82) is 0 Å². The molecule has 4 rings (SSSR count). The monoisotopic (exact) mass is 459 g/mol. The van der Waals surface area contributed by atoms with Crippen LogP contribution in [0.3, 0.4) is 0 Å². The van der Waals surface area contributed by atoms with Gasteiger partial charge in [-0.2, -0.15) is 0 Å².